The van der Waals surface area contributed by atoms with Crippen molar-refractivity contribution < 1.29 is 14.8 Å². The number of thiophene rings is 1. The van der Waals surface area contributed by atoms with Gasteiger partial charge in [0.1, 0.15) is 15.4 Å². The minimum absolute atomic E-state index is 0.0767. The standard InChI is InChI=1S/C13H9N3O4S/c1-7-8-6-11(13(17)18)21-12(8)15(14-7)9-4-2-3-5-10(9)16(19)20/h2-6H,1H3,(H,17,18). The Morgan fingerprint density at radius 2 is 2.14 bits per heavy atom. The first-order valence-electron chi connectivity index (χ1n) is 5.95. The molecule has 0 atom stereocenters. The Morgan fingerprint density at radius 3 is 2.81 bits per heavy atom. The number of para-hydroxylation sites is 2. The van der Waals surface area contributed by atoms with Crippen molar-refractivity contribution in [2.24, 2.45) is 0 Å². The fourth-order valence-electron chi connectivity index (χ4n) is 2.11. The monoisotopic (exact) mass is 303 g/mol. The summed E-state index contributed by atoms with van der Waals surface area (Å²) in [4.78, 5) is 22.5. The van der Waals surface area contributed by atoms with E-state index in [2.05, 4.69) is 5.10 Å². The molecule has 1 aromatic carbocycles. The molecule has 2 heterocycles. The predicted octanol–water partition coefficient (Wildman–Crippen LogP) is 3.00. The van der Waals surface area contributed by atoms with Gasteiger partial charge in [0.2, 0.25) is 0 Å². The molecule has 0 aliphatic rings. The summed E-state index contributed by atoms with van der Waals surface area (Å²) >= 11 is 1.05. The molecule has 21 heavy (non-hydrogen) atoms. The zero-order chi connectivity index (χ0) is 15.1. The SMILES string of the molecule is Cc1nn(-c2ccccc2[N+](=O)[O-])c2sc(C(=O)O)cc12. The molecule has 0 unspecified atom stereocenters. The quantitative estimate of drug-likeness (QED) is 0.592. The van der Waals surface area contributed by atoms with Gasteiger partial charge < -0.3 is 5.11 Å². The van der Waals surface area contributed by atoms with Crippen LogP contribution >= 0.6 is 11.3 Å². The Kier molecular flexibility index (Phi) is 2.95. The van der Waals surface area contributed by atoms with Crippen LogP contribution in [0.4, 0.5) is 5.69 Å². The average Bonchev–Trinajstić information content (AvgIpc) is 3.00. The van der Waals surface area contributed by atoms with Crippen molar-refractivity contribution in [1.29, 1.82) is 0 Å². The number of benzene rings is 1. The minimum Gasteiger partial charge on any atom is -0.477 e. The van der Waals surface area contributed by atoms with Crippen LogP contribution in [-0.4, -0.2) is 25.8 Å². The predicted molar refractivity (Wildman–Crippen MR) is 77.3 cm³/mol. The highest BCUT2D eigenvalue weighted by atomic mass is 32.1. The highest BCUT2D eigenvalue weighted by Gasteiger charge is 2.21. The molecule has 3 aromatic rings. The highest BCUT2D eigenvalue weighted by molar-refractivity contribution is 7.20. The molecule has 0 fully saturated rings. The second-order valence-electron chi connectivity index (χ2n) is 4.38. The smallest absolute Gasteiger partial charge is 0.345 e. The summed E-state index contributed by atoms with van der Waals surface area (Å²) in [5.74, 6) is -1.02. The molecule has 3 rings (SSSR count). The molecule has 1 N–H and O–H groups in total. The molecule has 0 amide bonds. The van der Waals surface area contributed by atoms with Crippen molar-refractivity contribution in [2.45, 2.75) is 6.92 Å². The third kappa shape index (κ3) is 2.05. The summed E-state index contributed by atoms with van der Waals surface area (Å²) < 4.78 is 1.43. The van der Waals surface area contributed by atoms with Crippen LogP contribution in [0.2, 0.25) is 0 Å². The summed E-state index contributed by atoms with van der Waals surface area (Å²) in [6, 6.07) is 7.77. The summed E-state index contributed by atoms with van der Waals surface area (Å²) in [6.07, 6.45) is 0. The van der Waals surface area contributed by atoms with Gasteiger partial charge in [0.05, 0.1) is 10.6 Å². The molecule has 0 aliphatic carbocycles. The number of nitro benzene ring substituents is 1. The van der Waals surface area contributed by atoms with E-state index in [1.807, 2.05) is 0 Å². The van der Waals surface area contributed by atoms with Crippen LogP contribution in [-0.2, 0) is 0 Å². The Balaban J connectivity index is 2.31. The number of fused-ring (bicyclic) bond motifs is 1. The number of hydrogen-bond acceptors (Lipinski definition) is 5. The van der Waals surface area contributed by atoms with E-state index in [1.165, 1.54) is 16.8 Å². The van der Waals surface area contributed by atoms with E-state index >= 15 is 0 Å². The van der Waals surface area contributed by atoms with Gasteiger partial charge in [0.25, 0.3) is 5.69 Å². The second kappa shape index (κ2) is 4.67. The van der Waals surface area contributed by atoms with Gasteiger partial charge in [-0.25, -0.2) is 9.48 Å². The maximum absolute atomic E-state index is 11.1. The molecule has 0 aliphatic heterocycles. The Labute approximate surface area is 122 Å². The van der Waals surface area contributed by atoms with Gasteiger partial charge in [-0.15, -0.1) is 11.3 Å². The van der Waals surface area contributed by atoms with Crippen molar-refractivity contribution >= 4 is 33.2 Å². The number of carboxylic acids is 1. The van der Waals surface area contributed by atoms with Crippen LogP contribution in [0.25, 0.3) is 15.9 Å². The lowest BCUT2D eigenvalue weighted by Gasteiger charge is -2.02. The fraction of sp³-hybridized carbons (Fsp3) is 0.0769. The first-order chi connectivity index (χ1) is 9.99. The number of nitro groups is 1. The second-order valence-corrected chi connectivity index (χ2v) is 5.41. The summed E-state index contributed by atoms with van der Waals surface area (Å²) in [5, 5.41) is 25.2. The number of rotatable bonds is 3. The van der Waals surface area contributed by atoms with Crippen molar-refractivity contribution in [1.82, 2.24) is 9.78 Å². The van der Waals surface area contributed by atoms with E-state index in [1.54, 1.807) is 25.1 Å². The molecule has 106 valence electrons. The van der Waals surface area contributed by atoms with Crippen molar-refractivity contribution in [3.05, 3.63) is 51.0 Å². The van der Waals surface area contributed by atoms with Gasteiger partial charge in [-0.2, -0.15) is 5.10 Å². The van der Waals surface area contributed by atoms with Gasteiger partial charge >= 0.3 is 5.97 Å². The van der Waals surface area contributed by atoms with Crippen molar-refractivity contribution in [2.75, 3.05) is 0 Å². The summed E-state index contributed by atoms with van der Waals surface area (Å²) in [5.41, 5.74) is 0.874. The van der Waals surface area contributed by atoms with Crippen LogP contribution in [0.3, 0.4) is 0 Å². The number of carboxylic acid groups (broad SMARTS) is 1. The number of carbonyl (C=O) groups is 1. The van der Waals surface area contributed by atoms with E-state index in [0.717, 1.165) is 11.3 Å². The Hall–Kier alpha value is -2.74. The summed E-state index contributed by atoms with van der Waals surface area (Å²) in [6.45, 7) is 1.74. The molecule has 2 aromatic heterocycles. The molecule has 0 spiro atoms. The van der Waals surface area contributed by atoms with Crippen LogP contribution in [0.5, 0.6) is 0 Å². The largest absolute Gasteiger partial charge is 0.477 e. The maximum atomic E-state index is 11.1. The molecule has 0 saturated carbocycles. The number of aromatic nitrogens is 2. The molecule has 8 heteroatoms. The minimum atomic E-state index is -1.02. The van der Waals surface area contributed by atoms with Crippen LogP contribution < -0.4 is 0 Å². The summed E-state index contributed by atoms with van der Waals surface area (Å²) in [7, 11) is 0. The van der Waals surface area contributed by atoms with Crippen molar-refractivity contribution in [3.63, 3.8) is 0 Å². The van der Waals surface area contributed by atoms with Gasteiger partial charge in [-0.05, 0) is 19.1 Å². The van der Waals surface area contributed by atoms with E-state index in [4.69, 9.17) is 5.11 Å². The van der Waals surface area contributed by atoms with Gasteiger partial charge in [0, 0.05) is 11.5 Å². The fourth-order valence-corrected chi connectivity index (χ4v) is 3.13. The third-order valence-electron chi connectivity index (χ3n) is 3.06. The van der Waals surface area contributed by atoms with Gasteiger partial charge in [-0.1, -0.05) is 12.1 Å². The van der Waals surface area contributed by atoms with E-state index in [9.17, 15) is 14.9 Å². The van der Waals surface area contributed by atoms with Crippen molar-refractivity contribution in [3.8, 4) is 5.69 Å². The highest BCUT2D eigenvalue weighted by Crippen LogP contribution is 2.32. The number of aromatic carboxylic acids is 1. The molecule has 7 nitrogen and oxygen atoms in total. The zero-order valence-corrected chi connectivity index (χ0v) is 11.6. The number of nitrogens with zero attached hydrogens (tertiary/aromatic N) is 3. The topological polar surface area (TPSA) is 98.3 Å². The number of hydrogen-bond donors (Lipinski definition) is 1. The lowest BCUT2D eigenvalue weighted by Crippen LogP contribution is -2.01. The lowest BCUT2D eigenvalue weighted by molar-refractivity contribution is -0.384. The maximum Gasteiger partial charge on any atom is 0.345 e. The molecular formula is C13H9N3O4S. The average molecular weight is 303 g/mol. The van der Waals surface area contributed by atoms with Gasteiger partial charge in [-0.3, -0.25) is 10.1 Å². The van der Waals surface area contributed by atoms with Crippen LogP contribution in [0.15, 0.2) is 30.3 Å². The van der Waals surface area contributed by atoms with E-state index < -0.39 is 10.9 Å². The number of aryl methyl sites for hydroxylation is 1. The van der Waals surface area contributed by atoms with E-state index in [-0.39, 0.29) is 10.6 Å². The molecule has 0 saturated heterocycles. The normalized spacial score (nSPS) is 10.9. The lowest BCUT2D eigenvalue weighted by atomic mass is 10.2. The first-order valence-corrected chi connectivity index (χ1v) is 6.77. The molecule has 0 bridgehead atoms. The third-order valence-corrected chi connectivity index (χ3v) is 4.16. The van der Waals surface area contributed by atoms with Gasteiger partial charge in [0.15, 0.2) is 0 Å². The van der Waals surface area contributed by atoms with E-state index in [0.29, 0.717) is 21.6 Å². The Morgan fingerprint density at radius 1 is 1.43 bits per heavy atom. The molecule has 0 radical (unpaired) electrons. The van der Waals surface area contributed by atoms with Crippen LogP contribution in [0, 0.1) is 17.0 Å². The first kappa shape index (κ1) is 13.3. The zero-order valence-electron chi connectivity index (χ0n) is 10.8. The molecular weight excluding hydrogens is 294 g/mol. The van der Waals surface area contributed by atoms with Crippen LogP contribution in [0.1, 0.15) is 15.4 Å². The Bertz CT molecular complexity index is 881.